The van der Waals surface area contributed by atoms with Gasteiger partial charge in [-0.15, -0.1) is 11.6 Å². The van der Waals surface area contributed by atoms with E-state index < -0.39 is 0 Å². The number of cyclic esters (lactones) is 1. The van der Waals surface area contributed by atoms with Crippen molar-refractivity contribution in [2.75, 3.05) is 0 Å². The monoisotopic (exact) mass is 218 g/mol. The summed E-state index contributed by atoms with van der Waals surface area (Å²) in [6, 6.07) is 0. The molecule has 0 N–H and O–H groups in total. The zero-order valence-corrected chi connectivity index (χ0v) is 10.1. The third kappa shape index (κ3) is 2.63. The fourth-order valence-electron chi connectivity index (χ4n) is 1.88. The molecular weight excluding hydrogens is 200 g/mol. The van der Waals surface area contributed by atoms with Crippen molar-refractivity contribution in [3.63, 3.8) is 0 Å². The number of carbonyl (C=O) groups excluding carboxylic acids is 1. The minimum atomic E-state index is -0.142. The van der Waals surface area contributed by atoms with E-state index in [9.17, 15) is 4.79 Å². The molecule has 1 saturated heterocycles. The number of halogens is 1. The third-order valence-corrected chi connectivity index (χ3v) is 3.53. The van der Waals surface area contributed by atoms with E-state index in [0.29, 0.717) is 12.3 Å². The Kier molecular flexibility index (Phi) is 3.46. The minimum absolute atomic E-state index is 0.0670. The van der Waals surface area contributed by atoms with Gasteiger partial charge in [0.25, 0.3) is 0 Å². The van der Waals surface area contributed by atoms with Gasteiger partial charge in [-0.3, -0.25) is 4.79 Å². The summed E-state index contributed by atoms with van der Waals surface area (Å²) >= 11 is 6.31. The quantitative estimate of drug-likeness (QED) is 0.526. The van der Waals surface area contributed by atoms with E-state index in [4.69, 9.17) is 16.3 Å². The van der Waals surface area contributed by atoms with E-state index in [0.717, 1.165) is 6.42 Å². The van der Waals surface area contributed by atoms with Crippen LogP contribution in [0.4, 0.5) is 0 Å². The number of esters is 1. The lowest BCUT2D eigenvalue weighted by atomic mass is 9.79. The molecule has 0 aliphatic carbocycles. The molecule has 0 aromatic carbocycles. The Bertz CT molecular complexity index is 223. The molecule has 1 fully saturated rings. The first-order valence-corrected chi connectivity index (χ1v) is 5.60. The van der Waals surface area contributed by atoms with Crippen LogP contribution in [0.25, 0.3) is 0 Å². The van der Waals surface area contributed by atoms with E-state index in [1.807, 2.05) is 13.8 Å². The van der Waals surface area contributed by atoms with Gasteiger partial charge in [0.15, 0.2) is 0 Å². The third-order valence-electron chi connectivity index (χ3n) is 2.66. The normalized spacial score (nSPS) is 31.7. The topological polar surface area (TPSA) is 26.3 Å². The molecule has 82 valence electrons. The van der Waals surface area contributed by atoms with Gasteiger partial charge in [0.05, 0.1) is 11.8 Å². The Morgan fingerprint density at radius 2 is 2.14 bits per heavy atom. The average Bonchev–Trinajstić information content (AvgIpc) is 1.97. The number of hydrogen-bond acceptors (Lipinski definition) is 2. The highest BCUT2D eigenvalue weighted by molar-refractivity contribution is 6.21. The number of hydrogen-bond donors (Lipinski definition) is 0. The summed E-state index contributed by atoms with van der Waals surface area (Å²) in [6.07, 6.45) is 1.16. The summed E-state index contributed by atoms with van der Waals surface area (Å²) < 4.78 is 5.27. The zero-order chi connectivity index (χ0) is 10.9. The molecule has 0 bridgehead atoms. The van der Waals surface area contributed by atoms with Crippen LogP contribution in [-0.4, -0.2) is 17.5 Å². The standard InChI is InChI=1S/C11H19ClO2/c1-7(2)5-8-10(12)11(3,4)6-9(13)14-8/h7-8,10H,5-6H2,1-4H3/t8-,10-/m1/s1. The second-order valence-corrected chi connectivity index (χ2v) is 5.70. The van der Waals surface area contributed by atoms with Crippen LogP contribution in [0.3, 0.4) is 0 Å². The summed E-state index contributed by atoms with van der Waals surface area (Å²) in [4.78, 5) is 11.3. The summed E-state index contributed by atoms with van der Waals surface area (Å²) in [6.45, 7) is 8.27. The van der Waals surface area contributed by atoms with Crippen molar-refractivity contribution in [1.29, 1.82) is 0 Å². The van der Waals surface area contributed by atoms with Gasteiger partial charge in [-0.05, 0) is 17.8 Å². The van der Waals surface area contributed by atoms with Crippen LogP contribution >= 0.6 is 11.6 Å². The van der Waals surface area contributed by atoms with Crippen LogP contribution in [0, 0.1) is 11.3 Å². The molecule has 0 saturated carbocycles. The van der Waals surface area contributed by atoms with E-state index in [-0.39, 0.29) is 22.9 Å². The van der Waals surface area contributed by atoms with E-state index >= 15 is 0 Å². The molecule has 0 unspecified atom stereocenters. The SMILES string of the molecule is CC(C)C[C@H]1OC(=O)CC(C)(C)[C@@H]1Cl. The van der Waals surface area contributed by atoms with Gasteiger partial charge < -0.3 is 4.74 Å². The predicted octanol–water partition coefficient (Wildman–Crippen LogP) is 2.98. The molecule has 1 aliphatic heterocycles. The van der Waals surface area contributed by atoms with Gasteiger partial charge in [0.2, 0.25) is 0 Å². The highest BCUT2D eigenvalue weighted by atomic mass is 35.5. The molecule has 1 rings (SSSR count). The zero-order valence-electron chi connectivity index (χ0n) is 9.34. The van der Waals surface area contributed by atoms with Gasteiger partial charge >= 0.3 is 5.97 Å². The Morgan fingerprint density at radius 3 is 2.64 bits per heavy atom. The molecule has 0 aromatic rings. The highest BCUT2D eigenvalue weighted by Gasteiger charge is 2.42. The molecular formula is C11H19ClO2. The number of ether oxygens (including phenoxy) is 1. The fraction of sp³-hybridized carbons (Fsp3) is 0.909. The minimum Gasteiger partial charge on any atom is -0.461 e. The maximum atomic E-state index is 11.3. The molecule has 1 heterocycles. The lowest BCUT2D eigenvalue weighted by Gasteiger charge is -2.39. The van der Waals surface area contributed by atoms with Crippen molar-refractivity contribution in [3.8, 4) is 0 Å². The molecule has 3 heteroatoms. The molecule has 0 spiro atoms. The highest BCUT2D eigenvalue weighted by Crippen LogP contribution is 2.39. The van der Waals surface area contributed by atoms with E-state index in [1.54, 1.807) is 0 Å². The smallest absolute Gasteiger partial charge is 0.306 e. The molecule has 2 nitrogen and oxygen atoms in total. The van der Waals surface area contributed by atoms with Crippen molar-refractivity contribution in [2.45, 2.75) is 52.0 Å². The Hall–Kier alpha value is -0.240. The largest absolute Gasteiger partial charge is 0.461 e. The molecule has 1 aliphatic rings. The first-order valence-electron chi connectivity index (χ1n) is 5.16. The van der Waals surface area contributed by atoms with Crippen molar-refractivity contribution < 1.29 is 9.53 Å². The predicted molar refractivity (Wildman–Crippen MR) is 57.4 cm³/mol. The number of carbonyl (C=O) groups is 1. The maximum absolute atomic E-state index is 11.3. The second kappa shape index (κ2) is 4.09. The first-order chi connectivity index (χ1) is 6.33. The fourth-order valence-corrected chi connectivity index (χ4v) is 2.11. The number of rotatable bonds is 2. The number of alkyl halides is 1. The summed E-state index contributed by atoms with van der Waals surface area (Å²) in [5, 5.41) is -0.0670. The first kappa shape index (κ1) is 11.8. The van der Waals surface area contributed by atoms with Crippen LogP contribution in [0.2, 0.25) is 0 Å². The van der Waals surface area contributed by atoms with Crippen LogP contribution in [-0.2, 0) is 9.53 Å². The van der Waals surface area contributed by atoms with Gasteiger partial charge in [-0.1, -0.05) is 27.7 Å². The average molecular weight is 219 g/mol. The van der Waals surface area contributed by atoms with E-state index in [2.05, 4.69) is 13.8 Å². The Labute approximate surface area is 91.0 Å². The van der Waals surface area contributed by atoms with Gasteiger partial charge in [-0.2, -0.15) is 0 Å². The van der Waals surface area contributed by atoms with Crippen LogP contribution in [0.15, 0.2) is 0 Å². The molecule has 0 amide bonds. The Morgan fingerprint density at radius 1 is 1.57 bits per heavy atom. The Balaban J connectivity index is 2.70. The van der Waals surface area contributed by atoms with Crippen molar-refractivity contribution in [2.24, 2.45) is 11.3 Å². The second-order valence-electron chi connectivity index (χ2n) is 5.22. The van der Waals surface area contributed by atoms with Crippen molar-refractivity contribution in [1.82, 2.24) is 0 Å². The molecule has 0 radical (unpaired) electrons. The summed E-state index contributed by atoms with van der Waals surface area (Å²) in [5.41, 5.74) is -0.142. The van der Waals surface area contributed by atoms with Gasteiger partial charge in [0.1, 0.15) is 6.10 Å². The molecule has 0 aromatic heterocycles. The van der Waals surface area contributed by atoms with Gasteiger partial charge in [-0.25, -0.2) is 0 Å². The summed E-state index contributed by atoms with van der Waals surface area (Å²) in [7, 11) is 0. The molecule has 14 heavy (non-hydrogen) atoms. The lowest BCUT2D eigenvalue weighted by Crippen LogP contribution is -2.45. The van der Waals surface area contributed by atoms with Crippen LogP contribution < -0.4 is 0 Å². The van der Waals surface area contributed by atoms with Crippen LogP contribution in [0.1, 0.15) is 40.5 Å². The summed E-state index contributed by atoms with van der Waals surface area (Å²) in [5.74, 6) is 0.389. The molecule has 2 atom stereocenters. The lowest BCUT2D eigenvalue weighted by molar-refractivity contribution is -0.160. The maximum Gasteiger partial charge on any atom is 0.306 e. The van der Waals surface area contributed by atoms with Crippen LogP contribution in [0.5, 0.6) is 0 Å². The van der Waals surface area contributed by atoms with Gasteiger partial charge in [0, 0.05) is 0 Å². The van der Waals surface area contributed by atoms with E-state index in [1.165, 1.54) is 0 Å². The van der Waals surface area contributed by atoms with Crippen molar-refractivity contribution >= 4 is 17.6 Å². The van der Waals surface area contributed by atoms with Crippen molar-refractivity contribution in [3.05, 3.63) is 0 Å².